The van der Waals surface area contributed by atoms with Gasteiger partial charge in [-0.05, 0) is 40.1 Å². The smallest absolute Gasteiger partial charge is 0.126 e. The molecule has 0 fully saturated rings. The van der Waals surface area contributed by atoms with Crippen molar-refractivity contribution in [1.29, 1.82) is 5.41 Å². The van der Waals surface area contributed by atoms with Crippen LogP contribution in [0.2, 0.25) is 5.02 Å². The van der Waals surface area contributed by atoms with Gasteiger partial charge >= 0.3 is 0 Å². The molecule has 0 bridgehead atoms. The second-order valence-electron chi connectivity index (χ2n) is 4.94. The average Bonchev–Trinajstić information content (AvgIpc) is 2.28. The first kappa shape index (κ1) is 15.8. The van der Waals surface area contributed by atoms with Crippen LogP contribution in [0.3, 0.4) is 0 Å². The Kier molecular flexibility index (Phi) is 5.63. The third kappa shape index (κ3) is 3.85. The molecule has 19 heavy (non-hydrogen) atoms. The largest absolute Gasteiger partial charge is 0.384 e. The van der Waals surface area contributed by atoms with E-state index in [1.807, 2.05) is 26.2 Å². The third-order valence-electron chi connectivity index (χ3n) is 3.07. The fourth-order valence-corrected chi connectivity index (χ4v) is 2.64. The summed E-state index contributed by atoms with van der Waals surface area (Å²) in [6.07, 6.45) is 0. The summed E-state index contributed by atoms with van der Waals surface area (Å²) in [5.74, 6) is 0.0103. The van der Waals surface area contributed by atoms with Crippen LogP contribution in [0.5, 0.6) is 0 Å². The number of benzene rings is 1. The second-order valence-corrected chi connectivity index (χ2v) is 5.35. The molecular weight excluding hydrogens is 260 g/mol. The van der Waals surface area contributed by atoms with Gasteiger partial charge in [0.05, 0.1) is 10.6 Å². The Morgan fingerprint density at radius 3 is 2.53 bits per heavy atom. The van der Waals surface area contributed by atoms with Gasteiger partial charge in [0.15, 0.2) is 0 Å². The van der Waals surface area contributed by atoms with Crippen molar-refractivity contribution < 1.29 is 0 Å². The van der Waals surface area contributed by atoms with Crippen LogP contribution in [0.1, 0.15) is 19.4 Å². The molecular formula is C14H23ClN4. The number of amidine groups is 1. The highest BCUT2D eigenvalue weighted by Gasteiger charge is 2.19. The van der Waals surface area contributed by atoms with E-state index in [2.05, 4.69) is 23.6 Å². The minimum absolute atomic E-state index is 0.0103. The Morgan fingerprint density at radius 2 is 2.05 bits per heavy atom. The van der Waals surface area contributed by atoms with Crippen LogP contribution in [0.4, 0.5) is 5.69 Å². The van der Waals surface area contributed by atoms with Crippen molar-refractivity contribution in [3.05, 3.63) is 28.8 Å². The fraction of sp³-hybridized carbons (Fsp3) is 0.500. The third-order valence-corrected chi connectivity index (χ3v) is 3.39. The van der Waals surface area contributed by atoms with E-state index in [1.165, 1.54) is 0 Å². The number of nitrogens with one attached hydrogen (secondary N) is 1. The summed E-state index contributed by atoms with van der Waals surface area (Å²) in [5.41, 5.74) is 7.22. The molecule has 0 aliphatic carbocycles. The number of nitrogens with zero attached hydrogens (tertiary/aromatic N) is 2. The molecule has 0 saturated heterocycles. The summed E-state index contributed by atoms with van der Waals surface area (Å²) in [6.45, 7) is 6.03. The van der Waals surface area contributed by atoms with E-state index in [1.54, 1.807) is 6.07 Å². The van der Waals surface area contributed by atoms with Crippen LogP contribution in [0, 0.1) is 5.41 Å². The van der Waals surface area contributed by atoms with Crippen LogP contribution in [-0.4, -0.2) is 44.0 Å². The lowest BCUT2D eigenvalue weighted by Gasteiger charge is -2.33. The van der Waals surface area contributed by atoms with E-state index in [9.17, 15) is 0 Å². The number of anilines is 1. The maximum atomic E-state index is 7.72. The highest BCUT2D eigenvalue weighted by Crippen LogP contribution is 2.28. The fourth-order valence-electron chi connectivity index (χ4n) is 2.37. The highest BCUT2D eigenvalue weighted by atomic mass is 35.5. The summed E-state index contributed by atoms with van der Waals surface area (Å²) in [5, 5.41) is 8.25. The number of hydrogen-bond acceptors (Lipinski definition) is 3. The van der Waals surface area contributed by atoms with E-state index in [0.29, 0.717) is 16.6 Å². The molecule has 0 radical (unpaired) electrons. The number of halogens is 1. The van der Waals surface area contributed by atoms with Crippen molar-refractivity contribution in [3.63, 3.8) is 0 Å². The molecule has 0 aliphatic heterocycles. The predicted molar refractivity (Wildman–Crippen MR) is 83.5 cm³/mol. The van der Waals surface area contributed by atoms with Crippen LogP contribution in [0.15, 0.2) is 18.2 Å². The maximum Gasteiger partial charge on any atom is 0.126 e. The van der Waals surface area contributed by atoms with E-state index in [0.717, 1.165) is 18.8 Å². The lowest BCUT2D eigenvalue weighted by atomic mass is 10.1. The van der Waals surface area contributed by atoms with E-state index in [4.69, 9.17) is 22.7 Å². The zero-order valence-electron chi connectivity index (χ0n) is 12.1. The molecule has 106 valence electrons. The second kappa shape index (κ2) is 6.78. The summed E-state index contributed by atoms with van der Waals surface area (Å²) < 4.78 is 0. The molecule has 1 atom stereocenters. The van der Waals surface area contributed by atoms with Crippen molar-refractivity contribution in [2.24, 2.45) is 5.73 Å². The lowest BCUT2D eigenvalue weighted by molar-refractivity contribution is 0.373. The molecule has 1 aromatic rings. The van der Waals surface area contributed by atoms with Gasteiger partial charge in [-0.1, -0.05) is 17.7 Å². The van der Waals surface area contributed by atoms with E-state index < -0.39 is 0 Å². The van der Waals surface area contributed by atoms with E-state index >= 15 is 0 Å². The Labute approximate surface area is 120 Å². The van der Waals surface area contributed by atoms with Crippen LogP contribution < -0.4 is 10.6 Å². The molecule has 3 N–H and O–H groups in total. The number of rotatable bonds is 6. The van der Waals surface area contributed by atoms with Crippen LogP contribution in [0.25, 0.3) is 0 Å². The van der Waals surface area contributed by atoms with Gasteiger partial charge in [0.25, 0.3) is 0 Å². The molecule has 0 spiro atoms. The molecule has 0 aromatic heterocycles. The van der Waals surface area contributed by atoms with Gasteiger partial charge in [-0.2, -0.15) is 0 Å². The van der Waals surface area contributed by atoms with Crippen molar-refractivity contribution in [3.8, 4) is 0 Å². The van der Waals surface area contributed by atoms with Crippen molar-refractivity contribution in [2.75, 3.05) is 32.1 Å². The summed E-state index contributed by atoms with van der Waals surface area (Å²) in [4.78, 5) is 4.37. The van der Waals surface area contributed by atoms with Crippen molar-refractivity contribution in [1.82, 2.24) is 4.90 Å². The van der Waals surface area contributed by atoms with Gasteiger partial charge in [-0.3, -0.25) is 5.41 Å². The van der Waals surface area contributed by atoms with Gasteiger partial charge < -0.3 is 15.5 Å². The van der Waals surface area contributed by atoms with Gasteiger partial charge in [-0.15, -0.1) is 0 Å². The first-order chi connectivity index (χ1) is 8.88. The minimum Gasteiger partial charge on any atom is -0.384 e. The number of likely N-dealkylation sites (N-methyl/N-ethyl adjacent to an activating group) is 2. The first-order valence-electron chi connectivity index (χ1n) is 6.42. The molecule has 0 amide bonds. The van der Waals surface area contributed by atoms with E-state index in [-0.39, 0.29) is 5.84 Å². The monoisotopic (exact) mass is 282 g/mol. The minimum atomic E-state index is 0.0103. The summed E-state index contributed by atoms with van der Waals surface area (Å²) in [6, 6.07) is 5.95. The topological polar surface area (TPSA) is 56.4 Å². The van der Waals surface area contributed by atoms with Crippen molar-refractivity contribution in [2.45, 2.75) is 19.9 Å². The predicted octanol–water partition coefficient (Wildman–Crippen LogP) is 2.40. The molecule has 1 aromatic carbocycles. The van der Waals surface area contributed by atoms with Gasteiger partial charge in [0, 0.05) is 24.8 Å². The zero-order valence-corrected chi connectivity index (χ0v) is 12.8. The summed E-state index contributed by atoms with van der Waals surface area (Å²) >= 11 is 6.18. The molecule has 0 heterocycles. The highest BCUT2D eigenvalue weighted by molar-refractivity contribution is 6.34. The molecule has 4 nitrogen and oxygen atoms in total. The van der Waals surface area contributed by atoms with Gasteiger partial charge in [0.2, 0.25) is 0 Å². The van der Waals surface area contributed by atoms with Crippen LogP contribution >= 0.6 is 11.6 Å². The van der Waals surface area contributed by atoms with Crippen molar-refractivity contribution >= 4 is 23.1 Å². The normalized spacial score (nSPS) is 12.5. The van der Waals surface area contributed by atoms with Gasteiger partial charge in [0.1, 0.15) is 5.84 Å². The zero-order chi connectivity index (χ0) is 14.6. The average molecular weight is 283 g/mol. The first-order valence-corrected chi connectivity index (χ1v) is 6.80. The molecule has 1 unspecified atom stereocenters. The number of hydrogen-bond donors (Lipinski definition) is 2. The molecule has 5 heteroatoms. The van der Waals surface area contributed by atoms with Crippen LogP contribution in [-0.2, 0) is 0 Å². The lowest BCUT2D eigenvalue weighted by Crippen LogP contribution is -2.41. The quantitative estimate of drug-likeness (QED) is 0.622. The number of nitrogens with two attached hydrogens (primary N) is 1. The molecule has 1 rings (SSSR count). The SMILES string of the molecule is CCN(c1cccc(Cl)c1C(=N)N)C(C)CN(C)C. The standard InChI is InChI=1S/C14H23ClN4/c1-5-19(10(2)9-18(3)4)12-8-6-7-11(15)13(12)14(16)17/h6-8,10H,5,9H2,1-4H3,(H3,16,17). The summed E-state index contributed by atoms with van der Waals surface area (Å²) in [7, 11) is 4.10. The molecule has 0 saturated carbocycles. The Bertz CT molecular complexity index is 445. The maximum absolute atomic E-state index is 7.72. The molecule has 0 aliphatic rings. The van der Waals surface area contributed by atoms with Gasteiger partial charge in [-0.25, -0.2) is 0 Å². The number of nitrogen functional groups attached to an aromatic ring is 1. The Morgan fingerprint density at radius 1 is 1.42 bits per heavy atom. The Hall–Kier alpha value is -1.26. The Balaban J connectivity index is 3.18.